The topological polar surface area (TPSA) is 91.0 Å². The SMILES string of the molecule is COC(=O)C1=C(CN2CCN(c3ccc(C(C)=O)cc3)CC2)NC(=O)N[C@@H]1c1ccccc1Cl. The highest BCUT2D eigenvalue weighted by atomic mass is 35.5. The number of halogens is 1. The number of carbonyl (C=O) groups is 3. The van der Waals surface area contributed by atoms with E-state index in [2.05, 4.69) is 20.4 Å². The Labute approximate surface area is 203 Å². The van der Waals surface area contributed by atoms with Crippen LogP contribution in [0.15, 0.2) is 59.8 Å². The fourth-order valence-electron chi connectivity index (χ4n) is 4.33. The van der Waals surface area contributed by atoms with Gasteiger partial charge in [0.2, 0.25) is 0 Å². The number of amides is 2. The maximum absolute atomic E-state index is 12.8. The number of esters is 1. The Hall–Kier alpha value is -3.36. The molecule has 2 heterocycles. The molecule has 0 aliphatic carbocycles. The van der Waals surface area contributed by atoms with Crippen LogP contribution in [0.4, 0.5) is 10.5 Å². The summed E-state index contributed by atoms with van der Waals surface area (Å²) in [6.07, 6.45) is 0. The first kappa shape index (κ1) is 23.8. The molecule has 8 nitrogen and oxygen atoms in total. The lowest BCUT2D eigenvalue weighted by molar-refractivity contribution is -0.136. The number of methoxy groups -OCH3 is 1. The second-order valence-electron chi connectivity index (χ2n) is 8.30. The number of anilines is 1. The van der Waals surface area contributed by atoms with Crippen molar-refractivity contribution in [1.82, 2.24) is 15.5 Å². The minimum Gasteiger partial charge on any atom is -0.466 e. The van der Waals surface area contributed by atoms with E-state index >= 15 is 0 Å². The van der Waals surface area contributed by atoms with Crippen molar-refractivity contribution < 1.29 is 19.1 Å². The van der Waals surface area contributed by atoms with Crippen LogP contribution < -0.4 is 15.5 Å². The molecular weight excluding hydrogens is 456 g/mol. The second-order valence-corrected chi connectivity index (χ2v) is 8.71. The monoisotopic (exact) mass is 482 g/mol. The average molecular weight is 483 g/mol. The second kappa shape index (κ2) is 10.3. The zero-order valence-corrected chi connectivity index (χ0v) is 19.9. The number of hydrogen-bond acceptors (Lipinski definition) is 6. The van der Waals surface area contributed by atoms with E-state index in [1.54, 1.807) is 25.1 Å². The van der Waals surface area contributed by atoms with Crippen molar-refractivity contribution >= 4 is 35.1 Å². The van der Waals surface area contributed by atoms with E-state index in [1.165, 1.54) is 7.11 Å². The molecule has 0 spiro atoms. The Balaban J connectivity index is 1.52. The Morgan fingerprint density at radius 1 is 1.06 bits per heavy atom. The Bertz CT molecular complexity index is 1120. The van der Waals surface area contributed by atoms with Crippen LogP contribution in [0.3, 0.4) is 0 Å². The zero-order valence-electron chi connectivity index (χ0n) is 19.1. The molecule has 2 amide bonds. The summed E-state index contributed by atoms with van der Waals surface area (Å²) in [4.78, 5) is 41.2. The summed E-state index contributed by atoms with van der Waals surface area (Å²) in [7, 11) is 1.32. The standard InChI is InChI=1S/C25H27ClN4O4/c1-16(31)17-7-9-18(10-8-17)30-13-11-29(12-14-30)15-21-22(24(32)34-2)23(28-25(33)27-21)19-5-3-4-6-20(19)26/h3-10,23H,11-15H2,1-2H3,(H2,27,28,33)/t23-/m1/s1. The van der Waals surface area contributed by atoms with Gasteiger partial charge in [-0.15, -0.1) is 0 Å². The van der Waals surface area contributed by atoms with Gasteiger partial charge in [0.25, 0.3) is 0 Å². The van der Waals surface area contributed by atoms with Crippen molar-refractivity contribution in [2.24, 2.45) is 0 Å². The maximum atomic E-state index is 12.8. The molecule has 34 heavy (non-hydrogen) atoms. The molecule has 0 radical (unpaired) electrons. The molecule has 0 saturated carbocycles. The zero-order chi connectivity index (χ0) is 24.2. The van der Waals surface area contributed by atoms with E-state index in [9.17, 15) is 14.4 Å². The normalized spacial score (nSPS) is 18.9. The van der Waals surface area contributed by atoms with Gasteiger partial charge >= 0.3 is 12.0 Å². The van der Waals surface area contributed by atoms with Crippen LogP contribution in [0.2, 0.25) is 5.02 Å². The van der Waals surface area contributed by atoms with Gasteiger partial charge in [-0.1, -0.05) is 29.8 Å². The van der Waals surface area contributed by atoms with E-state index < -0.39 is 18.0 Å². The predicted octanol–water partition coefficient (Wildman–Crippen LogP) is 3.15. The molecule has 2 aromatic rings. The summed E-state index contributed by atoms with van der Waals surface area (Å²) in [5, 5.41) is 6.07. The average Bonchev–Trinajstić information content (AvgIpc) is 2.84. The Morgan fingerprint density at radius 2 is 1.74 bits per heavy atom. The van der Waals surface area contributed by atoms with Crippen molar-refractivity contribution in [3.63, 3.8) is 0 Å². The molecule has 0 aromatic heterocycles. The Morgan fingerprint density at radius 3 is 2.35 bits per heavy atom. The minimum absolute atomic E-state index is 0.0465. The molecule has 0 unspecified atom stereocenters. The van der Waals surface area contributed by atoms with Crippen LogP contribution in [0.5, 0.6) is 0 Å². The molecule has 178 valence electrons. The number of rotatable bonds is 6. The van der Waals surface area contributed by atoms with Gasteiger partial charge in [-0.2, -0.15) is 0 Å². The van der Waals surface area contributed by atoms with E-state index in [-0.39, 0.29) is 5.78 Å². The van der Waals surface area contributed by atoms with Gasteiger partial charge in [-0.25, -0.2) is 9.59 Å². The number of piperazine rings is 1. The van der Waals surface area contributed by atoms with Gasteiger partial charge in [-0.05, 0) is 42.8 Å². The summed E-state index contributed by atoms with van der Waals surface area (Å²) >= 11 is 6.38. The van der Waals surface area contributed by atoms with E-state index in [0.29, 0.717) is 34.0 Å². The number of Topliss-reactive ketones (excluding diaryl/α,β-unsaturated/α-hetero) is 1. The molecule has 2 aliphatic heterocycles. The Kier molecular flexibility index (Phi) is 7.19. The highest BCUT2D eigenvalue weighted by Crippen LogP contribution is 2.32. The fraction of sp³-hybridized carbons (Fsp3) is 0.320. The third-order valence-corrected chi connectivity index (χ3v) is 6.51. The number of nitrogens with zero attached hydrogens (tertiary/aromatic N) is 2. The van der Waals surface area contributed by atoms with Crippen LogP contribution >= 0.6 is 11.6 Å². The molecule has 0 bridgehead atoms. The highest BCUT2D eigenvalue weighted by molar-refractivity contribution is 6.31. The van der Waals surface area contributed by atoms with Gasteiger partial charge < -0.3 is 20.3 Å². The van der Waals surface area contributed by atoms with Crippen LogP contribution in [-0.4, -0.2) is 62.5 Å². The first-order chi connectivity index (χ1) is 16.4. The molecule has 1 saturated heterocycles. The molecule has 4 rings (SSSR count). The number of ether oxygens (including phenoxy) is 1. The smallest absolute Gasteiger partial charge is 0.338 e. The maximum Gasteiger partial charge on any atom is 0.338 e. The van der Waals surface area contributed by atoms with Crippen LogP contribution in [-0.2, 0) is 9.53 Å². The molecule has 1 fully saturated rings. The first-order valence-electron chi connectivity index (χ1n) is 11.1. The van der Waals surface area contributed by atoms with Crippen LogP contribution in [0, 0.1) is 0 Å². The third-order valence-electron chi connectivity index (χ3n) is 6.17. The highest BCUT2D eigenvalue weighted by Gasteiger charge is 2.35. The number of urea groups is 1. The summed E-state index contributed by atoms with van der Waals surface area (Å²) < 4.78 is 5.06. The summed E-state index contributed by atoms with van der Waals surface area (Å²) in [5.74, 6) is -0.471. The minimum atomic E-state index is -0.703. The summed E-state index contributed by atoms with van der Waals surface area (Å²) in [6, 6.07) is 13.6. The molecule has 2 N–H and O–H groups in total. The van der Waals surface area contributed by atoms with Crippen molar-refractivity contribution in [1.29, 1.82) is 0 Å². The van der Waals surface area contributed by atoms with Crippen molar-refractivity contribution in [2.75, 3.05) is 44.7 Å². The van der Waals surface area contributed by atoms with E-state index in [1.807, 2.05) is 30.3 Å². The molecule has 2 aromatic carbocycles. The number of nitrogens with one attached hydrogen (secondary N) is 2. The molecule has 1 atom stereocenters. The number of ketones is 1. The lowest BCUT2D eigenvalue weighted by Gasteiger charge is -2.38. The van der Waals surface area contributed by atoms with Crippen molar-refractivity contribution in [3.8, 4) is 0 Å². The summed E-state index contributed by atoms with van der Waals surface area (Å²) in [6.45, 7) is 5.00. The number of benzene rings is 2. The van der Waals surface area contributed by atoms with Gasteiger partial charge in [0.1, 0.15) is 0 Å². The van der Waals surface area contributed by atoms with Crippen molar-refractivity contribution in [3.05, 3.63) is 76.0 Å². The van der Waals surface area contributed by atoms with Gasteiger partial charge in [0.15, 0.2) is 5.78 Å². The van der Waals surface area contributed by atoms with E-state index in [0.717, 1.165) is 31.9 Å². The quantitative estimate of drug-likeness (QED) is 0.485. The molecule has 9 heteroatoms. The number of carbonyl (C=O) groups excluding carboxylic acids is 3. The van der Waals surface area contributed by atoms with Gasteiger partial charge in [0, 0.05) is 54.7 Å². The molecular formula is C25H27ClN4O4. The predicted molar refractivity (Wildman–Crippen MR) is 130 cm³/mol. The lowest BCUT2D eigenvalue weighted by Crippen LogP contribution is -2.51. The van der Waals surface area contributed by atoms with Crippen LogP contribution in [0.25, 0.3) is 0 Å². The van der Waals surface area contributed by atoms with Gasteiger partial charge in [-0.3, -0.25) is 9.69 Å². The van der Waals surface area contributed by atoms with Crippen LogP contribution in [0.1, 0.15) is 28.9 Å². The fourth-order valence-corrected chi connectivity index (χ4v) is 4.58. The molecule has 2 aliphatic rings. The van der Waals surface area contributed by atoms with Gasteiger partial charge in [0.05, 0.1) is 18.7 Å². The largest absolute Gasteiger partial charge is 0.466 e. The first-order valence-corrected chi connectivity index (χ1v) is 11.5. The lowest BCUT2D eigenvalue weighted by atomic mass is 9.95. The van der Waals surface area contributed by atoms with Crippen molar-refractivity contribution in [2.45, 2.75) is 13.0 Å². The third kappa shape index (κ3) is 5.08. The number of hydrogen-bond donors (Lipinski definition) is 2. The van der Waals surface area contributed by atoms with E-state index in [4.69, 9.17) is 16.3 Å². The summed E-state index contributed by atoms with van der Waals surface area (Å²) in [5.41, 5.74) is 3.25.